The van der Waals surface area contributed by atoms with Gasteiger partial charge in [0.05, 0.1) is 31.9 Å². The minimum atomic E-state index is -0.0709. The SMILES string of the molecule is C=C(C)COCCNC(=O)CCOc1ccccc1N. The maximum absolute atomic E-state index is 11.5. The van der Waals surface area contributed by atoms with Crippen molar-refractivity contribution in [3.05, 3.63) is 36.4 Å². The fourth-order valence-corrected chi connectivity index (χ4v) is 1.46. The van der Waals surface area contributed by atoms with E-state index in [-0.39, 0.29) is 12.3 Å². The van der Waals surface area contributed by atoms with Gasteiger partial charge in [0.1, 0.15) is 5.75 Å². The Morgan fingerprint density at radius 1 is 1.35 bits per heavy atom. The van der Waals surface area contributed by atoms with Gasteiger partial charge in [0.15, 0.2) is 0 Å². The van der Waals surface area contributed by atoms with Crippen molar-refractivity contribution in [2.75, 3.05) is 32.1 Å². The van der Waals surface area contributed by atoms with Crippen molar-refractivity contribution in [1.82, 2.24) is 5.32 Å². The highest BCUT2D eigenvalue weighted by Crippen LogP contribution is 2.19. The van der Waals surface area contributed by atoms with Crippen molar-refractivity contribution < 1.29 is 14.3 Å². The van der Waals surface area contributed by atoms with Crippen LogP contribution in [-0.2, 0) is 9.53 Å². The number of para-hydroxylation sites is 2. The Morgan fingerprint density at radius 2 is 2.10 bits per heavy atom. The van der Waals surface area contributed by atoms with E-state index in [0.29, 0.717) is 37.8 Å². The number of rotatable bonds is 9. The van der Waals surface area contributed by atoms with Gasteiger partial charge in [-0.05, 0) is 19.1 Å². The number of carbonyl (C=O) groups excluding carboxylic acids is 1. The fourth-order valence-electron chi connectivity index (χ4n) is 1.46. The molecule has 5 nitrogen and oxygen atoms in total. The van der Waals surface area contributed by atoms with Gasteiger partial charge in [-0.2, -0.15) is 0 Å². The van der Waals surface area contributed by atoms with Gasteiger partial charge in [0.25, 0.3) is 0 Å². The normalized spacial score (nSPS) is 10.1. The van der Waals surface area contributed by atoms with Crippen molar-refractivity contribution in [2.45, 2.75) is 13.3 Å². The van der Waals surface area contributed by atoms with Gasteiger partial charge < -0.3 is 20.5 Å². The van der Waals surface area contributed by atoms with Crippen molar-refractivity contribution in [3.63, 3.8) is 0 Å². The summed E-state index contributed by atoms with van der Waals surface area (Å²) in [5.74, 6) is 0.531. The summed E-state index contributed by atoms with van der Waals surface area (Å²) in [4.78, 5) is 11.5. The first-order valence-corrected chi connectivity index (χ1v) is 6.55. The molecule has 0 fully saturated rings. The molecule has 3 N–H and O–H groups in total. The van der Waals surface area contributed by atoms with E-state index < -0.39 is 0 Å². The van der Waals surface area contributed by atoms with Crippen LogP contribution in [0.4, 0.5) is 5.69 Å². The van der Waals surface area contributed by atoms with Gasteiger partial charge in [0, 0.05) is 6.54 Å². The highest BCUT2D eigenvalue weighted by molar-refractivity contribution is 5.76. The maximum Gasteiger partial charge on any atom is 0.223 e. The molecule has 0 atom stereocenters. The molecule has 0 bridgehead atoms. The largest absolute Gasteiger partial charge is 0.491 e. The Kier molecular flexibility index (Phi) is 7.21. The summed E-state index contributed by atoms with van der Waals surface area (Å²) >= 11 is 0. The smallest absolute Gasteiger partial charge is 0.223 e. The predicted molar refractivity (Wildman–Crippen MR) is 79.6 cm³/mol. The average Bonchev–Trinajstić information content (AvgIpc) is 2.40. The Labute approximate surface area is 119 Å². The number of nitrogens with one attached hydrogen (secondary N) is 1. The lowest BCUT2D eigenvalue weighted by atomic mass is 10.3. The van der Waals surface area contributed by atoms with Crippen molar-refractivity contribution >= 4 is 11.6 Å². The van der Waals surface area contributed by atoms with Gasteiger partial charge >= 0.3 is 0 Å². The highest BCUT2D eigenvalue weighted by atomic mass is 16.5. The Bertz CT molecular complexity index is 446. The molecule has 0 saturated carbocycles. The fraction of sp³-hybridized carbons (Fsp3) is 0.400. The number of hydrogen-bond donors (Lipinski definition) is 2. The zero-order valence-corrected chi connectivity index (χ0v) is 11.9. The molecule has 110 valence electrons. The molecule has 0 aliphatic heterocycles. The number of nitrogens with two attached hydrogens (primary N) is 1. The number of hydrogen-bond acceptors (Lipinski definition) is 4. The second kappa shape index (κ2) is 8.98. The molecule has 5 heteroatoms. The standard InChI is InChI=1S/C15H22N2O3/c1-12(2)11-19-10-8-17-15(18)7-9-20-14-6-4-3-5-13(14)16/h3-6H,1,7-11,16H2,2H3,(H,17,18). The summed E-state index contributed by atoms with van der Waals surface area (Å²) in [5.41, 5.74) is 7.26. The van der Waals surface area contributed by atoms with E-state index in [1.165, 1.54) is 0 Å². The van der Waals surface area contributed by atoms with Crippen LogP contribution in [0.15, 0.2) is 36.4 Å². The van der Waals surface area contributed by atoms with Crippen LogP contribution >= 0.6 is 0 Å². The van der Waals surface area contributed by atoms with Gasteiger partial charge in [-0.25, -0.2) is 0 Å². The molecule has 1 aromatic carbocycles. The third-order valence-electron chi connectivity index (χ3n) is 2.42. The van der Waals surface area contributed by atoms with Crippen LogP contribution in [0.3, 0.4) is 0 Å². The number of anilines is 1. The van der Waals surface area contributed by atoms with Crippen LogP contribution in [0.1, 0.15) is 13.3 Å². The lowest BCUT2D eigenvalue weighted by molar-refractivity contribution is -0.121. The number of amides is 1. The molecule has 0 heterocycles. The molecule has 1 aromatic rings. The molecule has 0 saturated heterocycles. The van der Waals surface area contributed by atoms with Crippen molar-refractivity contribution in [1.29, 1.82) is 0 Å². The van der Waals surface area contributed by atoms with Gasteiger partial charge in [-0.1, -0.05) is 24.3 Å². The average molecular weight is 278 g/mol. The zero-order chi connectivity index (χ0) is 14.8. The van der Waals surface area contributed by atoms with E-state index in [2.05, 4.69) is 11.9 Å². The van der Waals surface area contributed by atoms with Gasteiger partial charge in [-0.3, -0.25) is 4.79 Å². The first-order valence-electron chi connectivity index (χ1n) is 6.55. The second-order valence-corrected chi connectivity index (χ2v) is 4.50. The Morgan fingerprint density at radius 3 is 2.80 bits per heavy atom. The molecule has 0 radical (unpaired) electrons. The van der Waals surface area contributed by atoms with E-state index in [4.69, 9.17) is 15.2 Å². The van der Waals surface area contributed by atoms with Crippen LogP contribution in [0.5, 0.6) is 5.75 Å². The Balaban J connectivity index is 2.09. The van der Waals surface area contributed by atoms with E-state index in [0.717, 1.165) is 5.57 Å². The molecule has 0 aromatic heterocycles. The van der Waals surface area contributed by atoms with Crippen LogP contribution < -0.4 is 15.8 Å². The van der Waals surface area contributed by atoms with Crippen LogP contribution in [0.2, 0.25) is 0 Å². The van der Waals surface area contributed by atoms with E-state index >= 15 is 0 Å². The molecule has 0 aliphatic rings. The maximum atomic E-state index is 11.5. The Hall–Kier alpha value is -2.01. The molecule has 0 aliphatic carbocycles. The van der Waals surface area contributed by atoms with Crippen LogP contribution in [0, 0.1) is 0 Å². The molecular formula is C15H22N2O3. The third kappa shape index (κ3) is 6.80. The lowest BCUT2D eigenvalue weighted by Gasteiger charge is -2.09. The van der Waals surface area contributed by atoms with E-state index in [1.807, 2.05) is 19.1 Å². The first-order chi connectivity index (χ1) is 9.59. The quantitative estimate of drug-likeness (QED) is 0.410. The lowest BCUT2D eigenvalue weighted by Crippen LogP contribution is -2.28. The summed E-state index contributed by atoms with van der Waals surface area (Å²) < 4.78 is 10.7. The topological polar surface area (TPSA) is 73.6 Å². The van der Waals surface area contributed by atoms with E-state index in [9.17, 15) is 4.79 Å². The summed E-state index contributed by atoms with van der Waals surface area (Å²) in [6.45, 7) is 7.40. The molecule has 1 rings (SSSR count). The van der Waals surface area contributed by atoms with Crippen LogP contribution in [0.25, 0.3) is 0 Å². The molecule has 0 unspecified atom stereocenters. The first kappa shape index (κ1) is 16.0. The summed E-state index contributed by atoms with van der Waals surface area (Å²) in [6.07, 6.45) is 0.287. The van der Waals surface area contributed by atoms with Crippen LogP contribution in [-0.4, -0.2) is 32.3 Å². The summed E-state index contributed by atoms with van der Waals surface area (Å²) in [6, 6.07) is 7.21. The number of carbonyl (C=O) groups is 1. The van der Waals surface area contributed by atoms with E-state index in [1.54, 1.807) is 12.1 Å². The monoisotopic (exact) mass is 278 g/mol. The highest BCUT2D eigenvalue weighted by Gasteiger charge is 2.03. The summed E-state index contributed by atoms with van der Waals surface area (Å²) in [5, 5.41) is 2.75. The molecule has 1 amide bonds. The van der Waals surface area contributed by atoms with Gasteiger partial charge in [0.2, 0.25) is 5.91 Å². The summed E-state index contributed by atoms with van der Waals surface area (Å²) in [7, 11) is 0. The number of ether oxygens (including phenoxy) is 2. The zero-order valence-electron chi connectivity index (χ0n) is 11.9. The minimum Gasteiger partial charge on any atom is -0.491 e. The number of nitrogen functional groups attached to an aromatic ring is 1. The second-order valence-electron chi connectivity index (χ2n) is 4.50. The van der Waals surface area contributed by atoms with Gasteiger partial charge in [-0.15, -0.1) is 0 Å². The molecule has 20 heavy (non-hydrogen) atoms. The third-order valence-corrected chi connectivity index (χ3v) is 2.42. The number of benzene rings is 1. The minimum absolute atomic E-state index is 0.0709. The van der Waals surface area contributed by atoms with Crippen molar-refractivity contribution in [3.8, 4) is 5.75 Å². The molecular weight excluding hydrogens is 256 g/mol. The van der Waals surface area contributed by atoms with Crippen molar-refractivity contribution in [2.24, 2.45) is 0 Å². The molecule has 0 spiro atoms. The predicted octanol–water partition coefficient (Wildman–Crippen LogP) is 1.75.